The van der Waals surface area contributed by atoms with Crippen LogP contribution in [0.5, 0.6) is 5.75 Å². The Hall–Kier alpha value is -1.43. The van der Waals surface area contributed by atoms with Crippen molar-refractivity contribution in [2.45, 2.75) is 57.7 Å². The van der Waals surface area contributed by atoms with Gasteiger partial charge in [0.2, 0.25) is 0 Å². The summed E-state index contributed by atoms with van der Waals surface area (Å²) < 4.78 is 5.80. The van der Waals surface area contributed by atoms with Crippen LogP contribution in [0.4, 0.5) is 10.7 Å². The van der Waals surface area contributed by atoms with Crippen molar-refractivity contribution in [1.29, 1.82) is 0 Å². The molecule has 2 fully saturated rings. The van der Waals surface area contributed by atoms with Gasteiger partial charge in [0.05, 0.1) is 6.10 Å². The number of ether oxygens (including phenoxy) is 1. The Morgan fingerprint density at radius 3 is 2.50 bits per heavy atom. The molecule has 0 radical (unpaired) electrons. The van der Waals surface area contributed by atoms with Crippen LogP contribution >= 0.6 is 11.3 Å². The summed E-state index contributed by atoms with van der Waals surface area (Å²) in [5.41, 5.74) is 6.59. The molecule has 0 spiro atoms. The minimum absolute atomic E-state index is 0.0333. The fourth-order valence-corrected chi connectivity index (χ4v) is 2.97. The van der Waals surface area contributed by atoms with Crippen molar-refractivity contribution in [2.75, 3.05) is 11.1 Å². The summed E-state index contributed by atoms with van der Waals surface area (Å²) >= 11 is 1.40. The fraction of sp³-hybridized carbons (Fsp3) is 0.643. The van der Waals surface area contributed by atoms with Crippen LogP contribution in [-0.2, 0) is 0 Å². The minimum atomic E-state index is -0.0764. The lowest BCUT2D eigenvalue weighted by Crippen LogP contribution is -2.25. The van der Waals surface area contributed by atoms with Crippen molar-refractivity contribution < 1.29 is 9.53 Å². The summed E-state index contributed by atoms with van der Waals surface area (Å²) in [6.07, 6.45) is 4.51. The van der Waals surface area contributed by atoms with Gasteiger partial charge in [-0.05, 0) is 39.5 Å². The number of hydrogen-bond donors (Lipinski definition) is 3. The standard InChI is InChI=1S/C14H21N3O2S/c1-7(2)19-11-10(15)12(13(18)16-8-3-4-8)20-14(11)17-9-5-6-9/h7-9,17H,3-6,15H2,1-2H3,(H,16,18). The van der Waals surface area contributed by atoms with E-state index in [9.17, 15) is 4.79 Å². The molecule has 0 unspecified atom stereocenters. The number of carbonyl (C=O) groups excluding carboxylic acids is 1. The predicted molar refractivity (Wildman–Crippen MR) is 81.6 cm³/mol. The molecular formula is C14H21N3O2S. The third-order valence-electron chi connectivity index (χ3n) is 3.28. The van der Waals surface area contributed by atoms with E-state index in [1.165, 1.54) is 24.2 Å². The van der Waals surface area contributed by atoms with Crippen LogP contribution in [0.15, 0.2) is 0 Å². The molecule has 6 heteroatoms. The van der Waals surface area contributed by atoms with Crippen molar-refractivity contribution in [3.8, 4) is 5.75 Å². The lowest BCUT2D eigenvalue weighted by Gasteiger charge is -2.12. The molecule has 5 nitrogen and oxygen atoms in total. The molecule has 20 heavy (non-hydrogen) atoms. The van der Waals surface area contributed by atoms with Gasteiger partial charge in [0.15, 0.2) is 5.75 Å². The fourth-order valence-electron chi connectivity index (χ4n) is 1.94. The summed E-state index contributed by atoms with van der Waals surface area (Å²) in [6.45, 7) is 3.92. The zero-order valence-corrected chi connectivity index (χ0v) is 12.7. The van der Waals surface area contributed by atoms with E-state index >= 15 is 0 Å². The summed E-state index contributed by atoms with van der Waals surface area (Å²) in [5.74, 6) is 0.560. The summed E-state index contributed by atoms with van der Waals surface area (Å²) in [6, 6.07) is 0.834. The molecule has 110 valence electrons. The number of anilines is 2. The molecule has 0 aliphatic heterocycles. The molecule has 1 aromatic rings. The molecule has 0 atom stereocenters. The largest absolute Gasteiger partial charge is 0.486 e. The van der Waals surface area contributed by atoms with Crippen LogP contribution in [0.2, 0.25) is 0 Å². The minimum Gasteiger partial charge on any atom is -0.486 e. The van der Waals surface area contributed by atoms with Gasteiger partial charge in [-0.3, -0.25) is 4.79 Å². The number of nitrogens with two attached hydrogens (primary N) is 1. The highest BCUT2D eigenvalue weighted by Gasteiger charge is 2.30. The highest BCUT2D eigenvalue weighted by molar-refractivity contribution is 7.19. The second-order valence-corrected chi connectivity index (χ2v) is 6.86. The van der Waals surface area contributed by atoms with Gasteiger partial charge in [-0.25, -0.2) is 0 Å². The highest BCUT2D eigenvalue weighted by atomic mass is 32.1. The lowest BCUT2D eigenvalue weighted by molar-refractivity contribution is 0.0955. The summed E-state index contributed by atoms with van der Waals surface area (Å²) in [5, 5.41) is 7.28. The van der Waals surface area contributed by atoms with Gasteiger partial charge in [-0.1, -0.05) is 0 Å². The Balaban J connectivity index is 1.84. The highest BCUT2D eigenvalue weighted by Crippen LogP contribution is 2.45. The van der Waals surface area contributed by atoms with Crippen LogP contribution in [-0.4, -0.2) is 24.1 Å². The van der Waals surface area contributed by atoms with E-state index in [1.807, 2.05) is 13.8 Å². The SMILES string of the molecule is CC(C)Oc1c(NC2CC2)sc(C(=O)NC2CC2)c1N. The number of hydrogen-bond acceptors (Lipinski definition) is 5. The van der Waals surface area contributed by atoms with Gasteiger partial charge in [0.1, 0.15) is 15.6 Å². The first-order valence-electron chi connectivity index (χ1n) is 7.21. The molecule has 2 aliphatic carbocycles. The van der Waals surface area contributed by atoms with Gasteiger partial charge in [0, 0.05) is 12.1 Å². The molecule has 0 aromatic carbocycles. The third-order valence-corrected chi connectivity index (χ3v) is 4.40. The molecular weight excluding hydrogens is 274 g/mol. The van der Waals surface area contributed by atoms with Crippen molar-refractivity contribution in [2.24, 2.45) is 0 Å². The van der Waals surface area contributed by atoms with Crippen LogP contribution in [0.3, 0.4) is 0 Å². The average Bonchev–Trinajstić information content (AvgIpc) is 3.25. The van der Waals surface area contributed by atoms with Crippen LogP contribution in [0, 0.1) is 0 Å². The third kappa shape index (κ3) is 3.00. The maximum Gasteiger partial charge on any atom is 0.263 e. The van der Waals surface area contributed by atoms with E-state index in [1.54, 1.807) is 0 Å². The topological polar surface area (TPSA) is 76.4 Å². The lowest BCUT2D eigenvalue weighted by atomic mass is 10.3. The maximum atomic E-state index is 12.2. The van der Waals surface area contributed by atoms with Crippen LogP contribution in [0.25, 0.3) is 0 Å². The number of thiophene rings is 1. The summed E-state index contributed by atoms with van der Waals surface area (Å²) in [4.78, 5) is 12.8. The normalized spacial score (nSPS) is 18.1. The van der Waals surface area contributed by atoms with Crippen molar-refractivity contribution >= 4 is 27.9 Å². The van der Waals surface area contributed by atoms with Crippen LogP contribution < -0.4 is 21.1 Å². The first kappa shape index (κ1) is 13.5. The van der Waals surface area contributed by atoms with Crippen molar-refractivity contribution in [3.63, 3.8) is 0 Å². The van der Waals surface area contributed by atoms with Gasteiger partial charge in [-0.15, -0.1) is 11.3 Å². The van der Waals surface area contributed by atoms with Crippen molar-refractivity contribution in [3.05, 3.63) is 4.88 Å². The van der Waals surface area contributed by atoms with Gasteiger partial charge >= 0.3 is 0 Å². The number of rotatable bonds is 6. The molecule has 4 N–H and O–H groups in total. The molecule has 2 saturated carbocycles. The molecule has 3 rings (SSSR count). The second kappa shape index (κ2) is 5.16. The van der Waals surface area contributed by atoms with E-state index < -0.39 is 0 Å². The smallest absolute Gasteiger partial charge is 0.263 e. The Bertz CT molecular complexity index is 519. The van der Waals surface area contributed by atoms with E-state index in [4.69, 9.17) is 10.5 Å². The first-order valence-corrected chi connectivity index (χ1v) is 8.02. The molecule has 0 bridgehead atoms. The Morgan fingerprint density at radius 1 is 1.30 bits per heavy atom. The first-order chi connectivity index (χ1) is 9.54. The average molecular weight is 295 g/mol. The van der Waals surface area contributed by atoms with Crippen molar-refractivity contribution in [1.82, 2.24) is 5.32 Å². The van der Waals surface area contributed by atoms with E-state index in [0.29, 0.717) is 28.4 Å². The number of amides is 1. The molecule has 1 heterocycles. The van der Waals surface area contributed by atoms with E-state index in [2.05, 4.69) is 10.6 Å². The zero-order valence-electron chi connectivity index (χ0n) is 11.9. The zero-order chi connectivity index (χ0) is 14.3. The Labute approximate surface area is 122 Å². The molecule has 1 aromatic heterocycles. The number of carbonyl (C=O) groups is 1. The Morgan fingerprint density at radius 2 is 1.95 bits per heavy atom. The summed E-state index contributed by atoms with van der Waals surface area (Å²) in [7, 11) is 0. The predicted octanol–water partition coefficient (Wildman–Crippen LogP) is 2.58. The molecule has 2 aliphatic rings. The number of nitrogen functional groups attached to an aromatic ring is 1. The van der Waals surface area contributed by atoms with E-state index in [0.717, 1.165) is 17.8 Å². The van der Waals surface area contributed by atoms with Gasteiger partial charge in [0.25, 0.3) is 5.91 Å². The maximum absolute atomic E-state index is 12.2. The van der Waals surface area contributed by atoms with Gasteiger partial charge in [-0.2, -0.15) is 0 Å². The quantitative estimate of drug-likeness (QED) is 0.754. The van der Waals surface area contributed by atoms with Gasteiger partial charge < -0.3 is 21.1 Å². The Kier molecular flexibility index (Phi) is 3.50. The monoisotopic (exact) mass is 295 g/mol. The van der Waals surface area contributed by atoms with Crippen LogP contribution in [0.1, 0.15) is 49.2 Å². The molecule has 1 amide bonds. The molecule has 0 saturated heterocycles. The second-order valence-electron chi connectivity index (χ2n) is 5.84. The van der Waals surface area contributed by atoms with E-state index in [-0.39, 0.29) is 12.0 Å². The number of nitrogens with one attached hydrogen (secondary N) is 2.